The van der Waals surface area contributed by atoms with Crippen molar-refractivity contribution in [3.05, 3.63) is 51.6 Å². The van der Waals surface area contributed by atoms with Crippen LogP contribution in [0.2, 0.25) is 0 Å². The second-order valence-corrected chi connectivity index (χ2v) is 5.50. The highest BCUT2D eigenvalue weighted by Gasteiger charge is 2.06. The van der Waals surface area contributed by atoms with Gasteiger partial charge in [-0.15, -0.1) is 0 Å². The van der Waals surface area contributed by atoms with Gasteiger partial charge in [0.15, 0.2) is 6.61 Å². The SMILES string of the molecule is Cc1ccc(NC(=O)COc2ccccc2I)cc1N. The number of amides is 1. The number of rotatable bonds is 4. The molecule has 0 radical (unpaired) electrons. The van der Waals surface area contributed by atoms with Crippen molar-refractivity contribution in [2.45, 2.75) is 6.92 Å². The second-order valence-electron chi connectivity index (χ2n) is 4.34. The summed E-state index contributed by atoms with van der Waals surface area (Å²) in [5, 5.41) is 2.75. The van der Waals surface area contributed by atoms with E-state index in [0.717, 1.165) is 9.13 Å². The molecule has 4 nitrogen and oxygen atoms in total. The molecule has 2 aromatic rings. The number of benzene rings is 2. The van der Waals surface area contributed by atoms with Gasteiger partial charge in [-0.3, -0.25) is 4.79 Å². The molecular weight excluding hydrogens is 367 g/mol. The van der Waals surface area contributed by atoms with Crippen LogP contribution in [-0.4, -0.2) is 12.5 Å². The van der Waals surface area contributed by atoms with Gasteiger partial charge >= 0.3 is 0 Å². The Morgan fingerprint density at radius 2 is 2.05 bits per heavy atom. The van der Waals surface area contributed by atoms with Crippen LogP contribution in [0.5, 0.6) is 5.75 Å². The van der Waals surface area contributed by atoms with Gasteiger partial charge in [-0.05, 0) is 59.3 Å². The lowest BCUT2D eigenvalue weighted by molar-refractivity contribution is -0.118. The summed E-state index contributed by atoms with van der Waals surface area (Å²) >= 11 is 2.17. The Bertz CT molecular complexity index is 629. The fraction of sp³-hybridized carbons (Fsp3) is 0.133. The molecule has 0 spiro atoms. The second kappa shape index (κ2) is 6.60. The molecule has 1 amide bonds. The molecule has 0 unspecified atom stereocenters. The maximum absolute atomic E-state index is 11.8. The van der Waals surface area contributed by atoms with Crippen LogP contribution in [0.3, 0.4) is 0 Å². The van der Waals surface area contributed by atoms with Crippen LogP contribution >= 0.6 is 22.6 Å². The Hall–Kier alpha value is -1.76. The average Bonchev–Trinajstić information content (AvgIpc) is 2.42. The Balaban J connectivity index is 1.93. The van der Waals surface area contributed by atoms with E-state index in [1.165, 1.54) is 0 Å². The zero-order valence-electron chi connectivity index (χ0n) is 11.0. The molecule has 0 aliphatic rings. The highest BCUT2D eigenvalue weighted by molar-refractivity contribution is 14.1. The quantitative estimate of drug-likeness (QED) is 0.631. The van der Waals surface area contributed by atoms with Crippen molar-refractivity contribution in [3.8, 4) is 5.75 Å². The van der Waals surface area contributed by atoms with Crippen molar-refractivity contribution in [1.29, 1.82) is 0 Å². The standard InChI is InChI=1S/C15H15IN2O2/c1-10-6-7-11(8-13(10)17)18-15(19)9-20-14-5-3-2-4-12(14)16/h2-8H,9,17H2,1H3,(H,18,19). The van der Waals surface area contributed by atoms with Gasteiger partial charge in [0.1, 0.15) is 5.75 Å². The molecule has 2 rings (SSSR count). The number of ether oxygens (including phenoxy) is 1. The van der Waals surface area contributed by atoms with E-state index in [0.29, 0.717) is 17.1 Å². The van der Waals surface area contributed by atoms with Crippen LogP contribution in [0.15, 0.2) is 42.5 Å². The molecule has 0 fully saturated rings. The van der Waals surface area contributed by atoms with Crippen molar-refractivity contribution in [3.63, 3.8) is 0 Å². The van der Waals surface area contributed by atoms with Crippen molar-refractivity contribution in [2.24, 2.45) is 0 Å². The molecule has 0 bridgehead atoms. The number of nitrogens with one attached hydrogen (secondary N) is 1. The van der Waals surface area contributed by atoms with E-state index in [1.807, 2.05) is 43.3 Å². The van der Waals surface area contributed by atoms with Crippen molar-refractivity contribution < 1.29 is 9.53 Å². The van der Waals surface area contributed by atoms with Gasteiger partial charge < -0.3 is 15.8 Å². The number of hydrogen-bond donors (Lipinski definition) is 2. The minimum Gasteiger partial charge on any atom is -0.483 e. The molecular formula is C15H15IN2O2. The smallest absolute Gasteiger partial charge is 0.262 e. The van der Waals surface area contributed by atoms with Crippen LogP contribution < -0.4 is 15.8 Å². The molecule has 3 N–H and O–H groups in total. The van der Waals surface area contributed by atoms with Gasteiger partial charge in [0.25, 0.3) is 5.91 Å². The van der Waals surface area contributed by atoms with Crippen molar-refractivity contribution in [1.82, 2.24) is 0 Å². The summed E-state index contributed by atoms with van der Waals surface area (Å²) in [5.74, 6) is 0.486. The van der Waals surface area contributed by atoms with E-state index in [9.17, 15) is 4.79 Å². The predicted octanol–water partition coefficient (Wildman–Crippen LogP) is 3.20. The molecule has 0 aromatic heterocycles. The predicted molar refractivity (Wildman–Crippen MR) is 88.9 cm³/mol. The number of aryl methyl sites for hydroxylation is 1. The highest BCUT2D eigenvalue weighted by atomic mass is 127. The first-order chi connectivity index (χ1) is 9.56. The Morgan fingerprint density at radius 3 is 2.75 bits per heavy atom. The molecule has 0 saturated carbocycles. The van der Waals surface area contributed by atoms with Crippen molar-refractivity contribution >= 4 is 39.9 Å². The fourth-order valence-corrected chi connectivity index (χ4v) is 2.16. The van der Waals surface area contributed by atoms with Gasteiger partial charge in [-0.25, -0.2) is 0 Å². The molecule has 5 heteroatoms. The van der Waals surface area contributed by atoms with E-state index in [2.05, 4.69) is 27.9 Å². The number of nitrogen functional groups attached to an aromatic ring is 1. The van der Waals surface area contributed by atoms with E-state index in [4.69, 9.17) is 10.5 Å². The third-order valence-electron chi connectivity index (χ3n) is 2.76. The van der Waals surface area contributed by atoms with Gasteiger partial charge in [-0.1, -0.05) is 18.2 Å². The van der Waals surface area contributed by atoms with E-state index < -0.39 is 0 Å². The molecule has 20 heavy (non-hydrogen) atoms. The van der Waals surface area contributed by atoms with Crippen LogP contribution in [0.1, 0.15) is 5.56 Å². The monoisotopic (exact) mass is 382 g/mol. The largest absolute Gasteiger partial charge is 0.483 e. The summed E-state index contributed by atoms with van der Waals surface area (Å²) in [4.78, 5) is 11.8. The summed E-state index contributed by atoms with van der Waals surface area (Å²) in [7, 11) is 0. The summed E-state index contributed by atoms with van der Waals surface area (Å²) in [5.41, 5.74) is 8.11. The Kier molecular flexibility index (Phi) is 4.84. The van der Waals surface area contributed by atoms with Crippen LogP contribution in [0.4, 0.5) is 11.4 Å². The van der Waals surface area contributed by atoms with Crippen molar-refractivity contribution in [2.75, 3.05) is 17.7 Å². The number of anilines is 2. The maximum Gasteiger partial charge on any atom is 0.262 e. The average molecular weight is 382 g/mol. The highest BCUT2D eigenvalue weighted by Crippen LogP contribution is 2.20. The number of carbonyl (C=O) groups is 1. The molecule has 0 heterocycles. The first-order valence-corrected chi connectivity index (χ1v) is 7.17. The molecule has 0 atom stereocenters. The van der Waals surface area contributed by atoms with Gasteiger partial charge in [0.05, 0.1) is 3.57 Å². The number of carbonyl (C=O) groups excluding carboxylic acids is 1. The minimum absolute atomic E-state index is 0.0339. The van der Waals surface area contributed by atoms with E-state index in [-0.39, 0.29) is 12.5 Å². The summed E-state index contributed by atoms with van der Waals surface area (Å²) in [6, 6.07) is 13.0. The first kappa shape index (κ1) is 14.6. The van der Waals surface area contributed by atoms with Crippen LogP contribution in [0, 0.1) is 10.5 Å². The summed E-state index contributed by atoms with van der Waals surface area (Å²) in [6.45, 7) is 1.88. The zero-order valence-corrected chi connectivity index (χ0v) is 13.2. The maximum atomic E-state index is 11.8. The lowest BCUT2D eigenvalue weighted by Gasteiger charge is -2.09. The summed E-state index contributed by atoms with van der Waals surface area (Å²) < 4.78 is 6.44. The third-order valence-corrected chi connectivity index (χ3v) is 3.65. The third kappa shape index (κ3) is 3.86. The normalized spacial score (nSPS) is 10.1. The first-order valence-electron chi connectivity index (χ1n) is 6.09. The Morgan fingerprint density at radius 1 is 1.30 bits per heavy atom. The van der Waals surface area contributed by atoms with Crippen LogP contribution in [0.25, 0.3) is 0 Å². The fourth-order valence-electron chi connectivity index (χ4n) is 1.62. The lowest BCUT2D eigenvalue weighted by atomic mass is 10.2. The minimum atomic E-state index is -0.215. The lowest BCUT2D eigenvalue weighted by Crippen LogP contribution is -2.20. The van der Waals surface area contributed by atoms with Crippen LogP contribution in [-0.2, 0) is 4.79 Å². The van der Waals surface area contributed by atoms with Gasteiger partial charge in [-0.2, -0.15) is 0 Å². The zero-order chi connectivity index (χ0) is 14.5. The number of hydrogen-bond acceptors (Lipinski definition) is 3. The number of nitrogens with two attached hydrogens (primary N) is 1. The topological polar surface area (TPSA) is 64.3 Å². The summed E-state index contributed by atoms with van der Waals surface area (Å²) in [6.07, 6.45) is 0. The Labute approximate surface area is 131 Å². The van der Waals surface area contributed by atoms with E-state index in [1.54, 1.807) is 6.07 Å². The molecule has 104 valence electrons. The van der Waals surface area contributed by atoms with E-state index >= 15 is 0 Å². The van der Waals surface area contributed by atoms with Gasteiger partial charge in [0, 0.05) is 11.4 Å². The molecule has 2 aromatic carbocycles. The number of halogens is 1. The number of para-hydroxylation sites is 1. The molecule has 0 aliphatic carbocycles. The molecule has 0 saturated heterocycles. The van der Waals surface area contributed by atoms with Gasteiger partial charge in [0.2, 0.25) is 0 Å². The molecule has 0 aliphatic heterocycles.